The number of hydrogen-bond acceptors (Lipinski definition) is 5. The van der Waals surface area contributed by atoms with Gasteiger partial charge in [-0.05, 0) is 18.9 Å². The summed E-state index contributed by atoms with van der Waals surface area (Å²) >= 11 is 0. The maximum absolute atomic E-state index is 12.2. The molecule has 1 N–H and O–H groups in total. The lowest BCUT2D eigenvalue weighted by atomic mass is 10.0. The number of benzene rings is 2. The molecule has 0 unspecified atom stereocenters. The molecule has 2 aromatic carbocycles. The van der Waals surface area contributed by atoms with Crippen LogP contribution in [0, 0.1) is 6.92 Å². The lowest BCUT2D eigenvalue weighted by Gasteiger charge is -2.06. The van der Waals surface area contributed by atoms with Crippen molar-refractivity contribution in [2.75, 3.05) is 6.54 Å². The Balaban J connectivity index is 1.36. The van der Waals surface area contributed by atoms with Crippen molar-refractivity contribution in [1.29, 1.82) is 0 Å². The number of Topliss-reactive ketones (excluding diaryl/α,β-unsaturated/α-hetero) is 1. The first-order chi connectivity index (χ1) is 13.6. The predicted octanol–water partition coefficient (Wildman–Crippen LogP) is 3.76. The molecule has 0 spiro atoms. The van der Waals surface area contributed by atoms with Gasteiger partial charge < -0.3 is 9.84 Å². The van der Waals surface area contributed by atoms with Crippen LogP contribution in [-0.4, -0.2) is 28.4 Å². The molecular weight excluding hydrogens is 354 g/mol. The average Bonchev–Trinajstić information content (AvgIpc) is 3.19. The van der Waals surface area contributed by atoms with E-state index in [9.17, 15) is 9.59 Å². The van der Waals surface area contributed by atoms with Crippen molar-refractivity contribution in [3.05, 3.63) is 71.6 Å². The number of nitrogens with zero attached hydrogens (tertiary/aromatic N) is 2. The highest BCUT2D eigenvalue weighted by molar-refractivity contribution is 5.99. The number of hydrogen-bond donors (Lipinski definition) is 1. The molecule has 1 amide bonds. The van der Waals surface area contributed by atoms with Crippen molar-refractivity contribution in [2.24, 2.45) is 0 Å². The largest absolute Gasteiger partial charge is 0.356 e. The summed E-state index contributed by atoms with van der Waals surface area (Å²) in [7, 11) is 0. The van der Waals surface area contributed by atoms with Crippen molar-refractivity contribution in [2.45, 2.75) is 32.6 Å². The Kier molecular flexibility index (Phi) is 6.68. The van der Waals surface area contributed by atoms with Gasteiger partial charge in [0, 0.05) is 36.9 Å². The minimum atomic E-state index is -0.127. The summed E-state index contributed by atoms with van der Waals surface area (Å²) in [6.07, 6.45) is 1.67. The highest BCUT2D eigenvalue weighted by Gasteiger charge is 2.11. The summed E-state index contributed by atoms with van der Waals surface area (Å²) in [6.45, 7) is 2.40. The third kappa shape index (κ3) is 5.36. The second-order valence-corrected chi connectivity index (χ2v) is 6.57. The van der Waals surface area contributed by atoms with Crippen LogP contribution in [-0.2, 0) is 11.2 Å². The third-order valence-corrected chi connectivity index (χ3v) is 4.41. The zero-order chi connectivity index (χ0) is 19.8. The second-order valence-electron chi connectivity index (χ2n) is 6.57. The molecule has 0 aliphatic carbocycles. The molecule has 6 heteroatoms. The van der Waals surface area contributed by atoms with Crippen molar-refractivity contribution < 1.29 is 14.1 Å². The second kappa shape index (κ2) is 9.60. The minimum Gasteiger partial charge on any atom is -0.356 e. The van der Waals surface area contributed by atoms with Crippen molar-refractivity contribution >= 4 is 11.7 Å². The van der Waals surface area contributed by atoms with Gasteiger partial charge in [-0.2, -0.15) is 4.98 Å². The summed E-state index contributed by atoms with van der Waals surface area (Å²) in [5.41, 5.74) is 2.52. The standard InChI is InChI=1S/C22H23N3O3/c1-16-8-5-6-11-18(16)19(26)13-14-20(27)23-15-7-12-21-24-22(25-28-21)17-9-3-2-4-10-17/h2-6,8-11H,7,12-15H2,1H3,(H,23,27). The molecule has 28 heavy (non-hydrogen) atoms. The van der Waals surface area contributed by atoms with Crippen LogP contribution >= 0.6 is 0 Å². The number of amides is 1. The van der Waals surface area contributed by atoms with E-state index in [1.165, 1.54) is 0 Å². The fourth-order valence-corrected chi connectivity index (χ4v) is 2.86. The molecule has 0 fully saturated rings. The zero-order valence-corrected chi connectivity index (χ0v) is 15.9. The lowest BCUT2D eigenvalue weighted by molar-refractivity contribution is -0.121. The molecule has 3 rings (SSSR count). The van der Waals surface area contributed by atoms with E-state index >= 15 is 0 Å². The first-order valence-electron chi connectivity index (χ1n) is 9.37. The maximum atomic E-state index is 12.2. The Morgan fingerprint density at radius 3 is 2.54 bits per heavy atom. The van der Waals surface area contributed by atoms with Gasteiger partial charge in [0.2, 0.25) is 17.6 Å². The topological polar surface area (TPSA) is 85.1 Å². The molecule has 1 heterocycles. The smallest absolute Gasteiger partial charge is 0.227 e. The van der Waals surface area contributed by atoms with E-state index in [4.69, 9.17) is 4.52 Å². The van der Waals surface area contributed by atoms with Crippen molar-refractivity contribution in [3.63, 3.8) is 0 Å². The van der Waals surface area contributed by atoms with Gasteiger partial charge in [-0.1, -0.05) is 59.8 Å². The van der Waals surface area contributed by atoms with Crippen LogP contribution < -0.4 is 5.32 Å². The molecule has 0 aliphatic rings. The molecule has 0 radical (unpaired) electrons. The number of carbonyl (C=O) groups is 2. The fourth-order valence-electron chi connectivity index (χ4n) is 2.86. The van der Waals surface area contributed by atoms with E-state index in [0.717, 1.165) is 11.1 Å². The fraction of sp³-hybridized carbons (Fsp3) is 0.273. The van der Waals surface area contributed by atoms with E-state index in [2.05, 4.69) is 15.5 Å². The minimum absolute atomic E-state index is 0.00690. The molecule has 6 nitrogen and oxygen atoms in total. The first-order valence-corrected chi connectivity index (χ1v) is 9.37. The van der Waals surface area contributed by atoms with Crippen LogP contribution in [0.25, 0.3) is 11.4 Å². The van der Waals surface area contributed by atoms with Crippen LogP contribution in [0.4, 0.5) is 0 Å². The predicted molar refractivity (Wildman–Crippen MR) is 106 cm³/mol. The Bertz CT molecular complexity index is 935. The molecular formula is C22H23N3O3. The maximum Gasteiger partial charge on any atom is 0.227 e. The Hall–Kier alpha value is -3.28. The number of aromatic nitrogens is 2. The normalized spacial score (nSPS) is 10.6. The molecule has 3 aromatic rings. The highest BCUT2D eigenvalue weighted by atomic mass is 16.5. The summed E-state index contributed by atoms with van der Waals surface area (Å²) < 4.78 is 5.25. The van der Waals surface area contributed by atoms with Crippen LogP contribution in [0.3, 0.4) is 0 Å². The lowest BCUT2D eigenvalue weighted by Crippen LogP contribution is -2.25. The van der Waals surface area contributed by atoms with Gasteiger partial charge in [-0.15, -0.1) is 0 Å². The average molecular weight is 377 g/mol. The first kappa shape index (κ1) is 19.5. The molecule has 0 aliphatic heterocycles. The molecule has 1 aromatic heterocycles. The van der Waals surface area contributed by atoms with Gasteiger partial charge in [0.15, 0.2) is 5.78 Å². The SMILES string of the molecule is Cc1ccccc1C(=O)CCC(=O)NCCCc1nc(-c2ccccc2)no1. The summed E-state index contributed by atoms with van der Waals surface area (Å²) in [5, 5.41) is 6.81. The molecule has 0 atom stereocenters. The molecule has 0 saturated carbocycles. The van der Waals surface area contributed by atoms with Gasteiger partial charge in [0.1, 0.15) is 0 Å². The Labute approximate surface area is 164 Å². The molecule has 0 bridgehead atoms. The number of carbonyl (C=O) groups excluding carboxylic acids is 2. The van der Waals surface area contributed by atoms with Gasteiger partial charge in [0.05, 0.1) is 0 Å². The highest BCUT2D eigenvalue weighted by Crippen LogP contribution is 2.15. The summed E-state index contributed by atoms with van der Waals surface area (Å²) in [4.78, 5) is 28.5. The van der Waals surface area contributed by atoms with E-state index in [1.54, 1.807) is 6.07 Å². The van der Waals surface area contributed by atoms with E-state index in [1.807, 2.05) is 55.5 Å². The monoisotopic (exact) mass is 377 g/mol. The Morgan fingerprint density at radius 1 is 1.00 bits per heavy atom. The van der Waals surface area contributed by atoms with Crippen LogP contribution in [0.1, 0.15) is 41.1 Å². The quantitative estimate of drug-likeness (QED) is 0.453. The van der Waals surface area contributed by atoms with Gasteiger partial charge in [-0.3, -0.25) is 9.59 Å². The van der Waals surface area contributed by atoms with Gasteiger partial charge >= 0.3 is 0 Å². The molecule has 0 saturated heterocycles. The van der Waals surface area contributed by atoms with Gasteiger partial charge in [-0.25, -0.2) is 0 Å². The summed E-state index contributed by atoms with van der Waals surface area (Å²) in [5.74, 6) is 0.974. The van der Waals surface area contributed by atoms with Crippen molar-refractivity contribution in [3.8, 4) is 11.4 Å². The Morgan fingerprint density at radius 2 is 1.75 bits per heavy atom. The summed E-state index contributed by atoms with van der Waals surface area (Å²) in [6, 6.07) is 17.0. The zero-order valence-electron chi connectivity index (χ0n) is 15.9. The number of rotatable bonds is 9. The van der Waals surface area contributed by atoms with Crippen molar-refractivity contribution in [1.82, 2.24) is 15.5 Å². The molecule has 144 valence electrons. The van der Waals surface area contributed by atoms with Crippen LogP contribution in [0.15, 0.2) is 59.1 Å². The number of nitrogens with one attached hydrogen (secondary N) is 1. The van der Waals surface area contributed by atoms with E-state index in [-0.39, 0.29) is 24.5 Å². The third-order valence-electron chi connectivity index (χ3n) is 4.41. The van der Waals surface area contributed by atoms with E-state index in [0.29, 0.717) is 36.7 Å². The number of aryl methyl sites for hydroxylation is 2. The van der Waals surface area contributed by atoms with Gasteiger partial charge in [0.25, 0.3) is 0 Å². The number of ketones is 1. The van der Waals surface area contributed by atoms with Crippen LogP contribution in [0.2, 0.25) is 0 Å². The van der Waals surface area contributed by atoms with E-state index < -0.39 is 0 Å². The van der Waals surface area contributed by atoms with Crippen LogP contribution in [0.5, 0.6) is 0 Å².